The molecule has 1 fully saturated rings. The van der Waals surface area contributed by atoms with Crippen LogP contribution in [0.5, 0.6) is 0 Å². The summed E-state index contributed by atoms with van der Waals surface area (Å²) in [5.74, 6) is -0.488. The Morgan fingerprint density at radius 2 is 1.62 bits per heavy atom. The summed E-state index contributed by atoms with van der Waals surface area (Å²) in [4.78, 5) is 14.0. The molecule has 0 radical (unpaired) electrons. The third-order valence-corrected chi connectivity index (χ3v) is 6.70. The maximum absolute atomic E-state index is 13.0. The van der Waals surface area contributed by atoms with Gasteiger partial charge in [0.2, 0.25) is 10.0 Å². The maximum Gasteiger partial charge on any atom is 0.321 e. The van der Waals surface area contributed by atoms with Gasteiger partial charge in [0.25, 0.3) is 0 Å². The average molecular weight is 442 g/mol. The minimum Gasteiger partial charge on any atom is -0.322 e. The fourth-order valence-corrected chi connectivity index (χ4v) is 4.45. The number of nitrogens with one attached hydrogen (secondary N) is 1. The molecule has 138 valence electrons. The zero-order valence-corrected chi connectivity index (χ0v) is 16.1. The van der Waals surface area contributed by atoms with E-state index in [0.717, 1.165) is 16.6 Å². The second-order valence-corrected chi connectivity index (χ2v) is 8.55. The van der Waals surface area contributed by atoms with Crippen LogP contribution in [0.2, 0.25) is 0 Å². The number of para-hydroxylation sites is 1. The van der Waals surface area contributed by atoms with Gasteiger partial charge in [0.1, 0.15) is 5.82 Å². The topological polar surface area (TPSA) is 69.7 Å². The lowest BCUT2D eigenvalue weighted by atomic mass is 10.3. The van der Waals surface area contributed by atoms with E-state index in [1.54, 1.807) is 11.0 Å². The van der Waals surface area contributed by atoms with Crippen LogP contribution < -0.4 is 5.32 Å². The van der Waals surface area contributed by atoms with Crippen LogP contribution in [-0.4, -0.2) is 49.8 Å². The smallest absolute Gasteiger partial charge is 0.321 e. The summed E-state index contributed by atoms with van der Waals surface area (Å²) in [6.45, 7) is 0.916. The van der Waals surface area contributed by atoms with Gasteiger partial charge in [-0.2, -0.15) is 4.31 Å². The normalized spacial score (nSPS) is 15.7. The maximum atomic E-state index is 13.0. The van der Waals surface area contributed by atoms with E-state index in [0.29, 0.717) is 5.69 Å². The van der Waals surface area contributed by atoms with Gasteiger partial charge in [0.15, 0.2) is 0 Å². The van der Waals surface area contributed by atoms with Crippen LogP contribution in [0, 0.1) is 5.82 Å². The van der Waals surface area contributed by atoms with Gasteiger partial charge < -0.3 is 10.2 Å². The highest BCUT2D eigenvalue weighted by Crippen LogP contribution is 2.22. The van der Waals surface area contributed by atoms with Gasteiger partial charge in [-0.1, -0.05) is 12.1 Å². The minimum absolute atomic E-state index is 0.0463. The Kier molecular flexibility index (Phi) is 5.59. The highest BCUT2D eigenvalue weighted by Gasteiger charge is 2.30. The SMILES string of the molecule is O=C(Nc1ccccc1Br)N1CCN(S(=O)(=O)c2ccc(F)cc2)CC1. The van der Waals surface area contributed by atoms with Gasteiger partial charge in [-0.15, -0.1) is 0 Å². The summed E-state index contributed by atoms with van der Waals surface area (Å²) in [5, 5.41) is 2.80. The molecule has 1 N–H and O–H groups in total. The van der Waals surface area contributed by atoms with Gasteiger partial charge in [-0.05, 0) is 52.3 Å². The first-order valence-electron chi connectivity index (χ1n) is 7.94. The van der Waals surface area contributed by atoms with E-state index in [1.807, 2.05) is 18.2 Å². The predicted octanol–water partition coefficient (Wildman–Crippen LogP) is 3.13. The molecule has 9 heteroatoms. The lowest BCUT2D eigenvalue weighted by Gasteiger charge is -2.34. The summed E-state index contributed by atoms with van der Waals surface area (Å²) in [6, 6.07) is 11.7. The summed E-state index contributed by atoms with van der Waals surface area (Å²) in [6.07, 6.45) is 0. The Balaban J connectivity index is 1.62. The lowest BCUT2D eigenvalue weighted by Crippen LogP contribution is -2.51. The van der Waals surface area contributed by atoms with Crippen LogP contribution in [0.25, 0.3) is 0 Å². The van der Waals surface area contributed by atoms with Crippen LogP contribution in [0.1, 0.15) is 0 Å². The zero-order chi connectivity index (χ0) is 18.7. The molecule has 26 heavy (non-hydrogen) atoms. The summed E-state index contributed by atoms with van der Waals surface area (Å²) >= 11 is 3.37. The van der Waals surface area contributed by atoms with Gasteiger partial charge in [-0.3, -0.25) is 0 Å². The third kappa shape index (κ3) is 4.05. The highest BCUT2D eigenvalue weighted by molar-refractivity contribution is 9.10. The minimum atomic E-state index is -3.69. The average Bonchev–Trinajstić information content (AvgIpc) is 2.64. The highest BCUT2D eigenvalue weighted by atomic mass is 79.9. The van der Waals surface area contributed by atoms with Crippen molar-refractivity contribution in [3.63, 3.8) is 0 Å². The first-order valence-corrected chi connectivity index (χ1v) is 10.2. The lowest BCUT2D eigenvalue weighted by molar-refractivity contribution is 0.184. The predicted molar refractivity (Wildman–Crippen MR) is 99.9 cm³/mol. The number of rotatable bonds is 3. The van der Waals surface area contributed by atoms with E-state index < -0.39 is 15.8 Å². The molecule has 1 aliphatic rings. The van der Waals surface area contributed by atoms with Crippen LogP contribution in [0.3, 0.4) is 0 Å². The summed E-state index contributed by atoms with van der Waals surface area (Å²) in [5.41, 5.74) is 0.652. The summed E-state index contributed by atoms with van der Waals surface area (Å²) in [7, 11) is -3.69. The first kappa shape index (κ1) is 18.8. The van der Waals surface area contributed by atoms with Crippen LogP contribution in [0.15, 0.2) is 57.9 Å². The number of urea groups is 1. The van der Waals surface area contributed by atoms with Crippen LogP contribution in [0.4, 0.5) is 14.9 Å². The molecule has 0 atom stereocenters. The standard InChI is InChI=1S/C17H17BrFN3O3S/c18-15-3-1-2-4-16(15)20-17(23)21-9-11-22(12-10-21)26(24,25)14-7-5-13(19)6-8-14/h1-8H,9-12H2,(H,20,23). The van der Waals surface area contributed by atoms with Crippen molar-refractivity contribution in [2.24, 2.45) is 0 Å². The van der Waals surface area contributed by atoms with Crippen molar-refractivity contribution in [1.29, 1.82) is 0 Å². The molecular formula is C17H17BrFN3O3S. The van der Waals surface area contributed by atoms with Crippen molar-refractivity contribution in [2.45, 2.75) is 4.90 Å². The fraction of sp³-hybridized carbons (Fsp3) is 0.235. The largest absolute Gasteiger partial charge is 0.322 e. The van der Waals surface area contributed by atoms with E-state index >= 15 is 0 Å². The molecular weight excluding hydrogens is 425 g/mol. The molecule has 6 nitrogen and oxygen atoms in total. The monoisotopic (exact) mass is 441 g/mol. The molecule has 0 aromatic heterocycles. The van der Waals surface area contributed by atoms with Crippen molar-refractivity contribution in [3.8, 4) is 0 Å². The number of carbonyl (C=O) groups is 1. The number of halogens is 2. The molecule has 0 saturated carbocycles. The number of sulfonamides is 1. The molecule has 1 aliphatic heterocycles. The molecule has 0 unspecified atom stereocenters. The third-order valence-electron chi connectivity index (χ3n) is 4.09. The van der Waals surface area contributed by atoms with E-state index in [9.17, 15) is 17.6 Å². The molecule has 1 saturated heterocycles. The van der Waals surface area contributed by atoms with E-state index in [1.165, 1.54) is 16.4 Å². The Labute approximate surface area is 159 Å². The number of benzene rings is 2. The van der Waals surface area contributed by atoms with E-state index in [4.69, 9.17) is 0 Å². The van der Waals surface area contributed by atoms with Gasteiger partial charge in [0, 0.05) is 30.7 Å². The Morgan fingerprint density at radius 3 is 2.23 bits per heavy atom. The van der Waals surface area contributed by atoms with Crippen LogP contribution >= 0.6 is 15.9 Å². The molecule has 1 heterocycles. The van der Waals surface area contributed by atoms with Crippen LogP contribution in [-0.2, 0) is 10.0 Å². The number of hydrogen-bond donors (Lipinski definition) is 1. The zero-order valence-electron chi connectivity index (χ0n) is 13.7. The van der Waals surface area contributed by atoms with Crippen molar-refractivity contribution in [2.75, 3.05) is 31.5 Å². The number of piperazine rings is 1. The first-order chi connectivity index (χ1) is 12.4. The summed E-state index contributed by atoms with van der Waals surface area (Å²) < 4.78 is 40.3. The van der Waals surface area contributed by atoms with Gasteiger partial charge in [0.05, 0.1) is 10.6 Å². The molecule has 0 aliphatic carbocycles. The fourth-order valence-electron chi connectivity index (χ4n) is 2.64. The Hall–Kier alpha value is -1.97. The number of carbonyl (C=O) groups excluding carboxylic acids is 1. The Morgan fingerprint density at radius 1 is 1.00 bits per heavy atom. The van der Waals surface area contributed by atoms with Gasteiger partial charge in [-0.25, -0.2) is 17.6 Å². The number of nitrogens with zero attached hydrogens (tertiary/aromatic N) is 2. The van der Waals surface area contributed by atoms with Gasteiger partial charge >= 0.3 is 6.03 Å². The van der Waals surface area contributed by atoms with Crippen molar-refractivity contribution in [3.05, 3.63) is 58.8 Å². The molecule has 2 aromatic rings. The van der Waals surface area contributed by atoms with E-state index in [2.05, 4.69) is 21.2 Å². The molecule has 0 bridgehead atoms. The molecule has 2 aromatic carbocycles. The van der Waals surface area contributed by atoms with E-state index in [-0.39, 0.29) is 37.1 Å². The number of amides is 2. The Bertz CT molecular complexity index is 898. The molecule has 2 amide bonds. The van der Waals surface area contributed by atoms with Crippen molar-refractivity contribution in [1.82, 2.24) is 9.21 Å². The quantitative estimate of drug-likeness (QED) is 0.795. The number of anilines is 1. The molecule has 0 spiro atoms. The molecule has 3 rings (SSSR count). The van der Waals surface area contributed by atoms with Crippen molar-refractivity contribution < 1.29 is 17.6 Å². The van der Waals surface area contributed by atoms with Crippen molar-refractivity contribution >= 4 is 37.7 Å². The second kappa shape index (κ2) is 7.73. The number of hydrogen-bond acceptors (Lipinski definition) is 3. The second-order valence-electron chi connectivity index (χ2n) is 5.76.